The molecule has 1 aliphatic carbocycles. The summed E-state index contributed by atoms with van der Waals surface area (Å²) >= 11 is 1.38. The third kappa shape index (κ3) is 5.62. The van der Waals surface area contributed by atoms with Crippen LogP contribution in [0.5, 0.6) is 0 Å². The van der Waals surface area contributed by atoms with Crippen molar-refractivity contribution < 1.29 is 22.8 Å². The molecule has 3 aromatic heterocycles. The fraction of sp³-hybridized carbons (Fsp3) is 0.233. The first-order valence-electron chi connectivity index (χ1n) is 13.2. The Morgan fingerprint density at radius 1 is 1.07 bits per heavy atom. The fourth-order valence-electron chi connectivity index (χ4n) is 4.67. The summed E-state index contributed by atoms with van der Waals surface area (Å²) in [5, 5.41) is 7.96. The zero-order valence-corrected chi connectivity index (χ0v) is 23.4. The van der Waals surface area contributed by atoms with Gasteiger partial charge in [-0.25, -0.2) is 15.0 Å². The molecule has 0 saturated heterocycles. The first kappa shape index (κ1) is 27.6. The van der Waals surface area contributed by atoms with Crippen molar-refractivity contribution in [3.63, 3.8) is 0 Å². The molecule has 214 valence electrons. The number of nitrogens with zero attached hydrogens (tertiary/aromatic N) is 4. The molecule has 0 aliphatic heterocycles. The Bertz CT molecular complexity index is 1840. The predicted molar refractivity (Wildman–Crippen MR) is 155 cm³/mol. The number of amides is 1. The number of Topliss-reactive ketones (excluding diaryl/α,β-unsaturated/α-hetero) is 1. The Balaban J connectivity index is 1.25. The maximum atomic E-state index is 13.7. The molecule has 1 fully saturated rings. The van der Waals surface area contributed by atoms with E-state index in [1.165, 1.54) is 28.4 Å². The van der Waals surface area contributed by atoms with E-state index in [2.05, 4.69) is 25.6 Å². The molecule has 1 aliphatic rings. The molecule has 0 atom stereocenters. The van der Waals surface area contributed by atoms with E-state index in [1.54, 1.807) is 49.7 Å². The van der Waals surface area contributed by atoms with Gasteiger partial charge in [-0.2, -0.15) is 13.2 Å². The van der Waals surface area contributed by atoms with Crippen molar-refractivity contribution in [2.75, 3.05) is 10.6 Å². The van der Waals surface area contributed by atoms with E-state index in [0.29, 0.717) is 34.5 Å². The van der Waals surface area contributed by atoms with Gasteiger partial charge in [0.05, 0.1) is 21.3 Å². The fourth-order valence-corrected chi connectivity index (χ4v) is 5.62. The molecule has 8 nitrogen and oxygen atoms in total. The highest BCUT2D eigenvalue weighted by Crippen LogP contribution is 2.34. The minimum absolute atomic E-state index is 0.212. The first-order valence-corrected chi connectivity index (χ1v) is 14.1. The number of imidazole rings is 1. The Morgan fingerprint density at radius 2 is 1.88 bits per heavy atom. The largest absolute Gasteiger partial charge is 0.416 e. The lowest BCUT2D eigenvalue weighted by Gasteiger charge is -2.14. The van der Waals surface area contributed by atoms with Gasteiger partial charge in [0.2, 0.25) is 0 Å². The van der Waals surface area contributed by atoms with Gasteiger partial charge >= 0.3 is 6.18 Å². The normalized spacial score (nSPS) is 13.4. The number of carbonyl (C=O) groups excluding carboxylic acids is 2. The summed E-state index contributed by atoms with van der Waals surface area (Å²) in [6.45, 7) is 3.48. The van der Waals surface area contributed by atoms with Gasteiger partial charge in [0.25, 0.3) is 5.91 Å². The maximum absolute atomic E-state index is 13.7. The first-order chi connectivity index (χ1) is 20.1. The number of benzene rings is 2. The van der Waals surface area contributed by atoms with Crippen molar-refractivity contribution in [3.05, 3.63) is 94.1 Å². The molecule has 12 heteroatoms. The minimum Gasteiger partial charge on any atom is -0.366 e. The SMILES string of the molecule is Cc1ccc(C(=O)Cc2cc(-n3ccnc3C)cc(C(F)(F)F)c2)cc1NC(=O)c1csc2c(NC3CC3)ncnc12. The number of nitrogens with one attached hydrogen (secondary N) is 2. The van der Waals surface area contributed by atoms with E-state index in [-0.39, 0.29) is 34.9 Å². The van der Waals surface area contributed by atoms with Gasteiger partial charge in [-0.1, -0.05) is 12.1 Å². The lowest BCUT2D eigenvalue weighted by Crippen LogP contribution is -2.14. The monoisotopic (exact) mass is 590 g/mol. The molecular weight excluding hydrogens is 565 g/mol. The summed E-state index contributed by atoms with van der Waals surface area (Å²) in [5.74, 6) is 0.452. The molecule has 0 spiro atoms. The lowest BCUT2D eigenvalue weighted by molar-refractivity contribution is -0.137. The third-order valence-corrected chi connectivity index (χ3v) is 8.07. The molecule has 0 radical (unpaired) electrons. The molecule has 5 aromatic rings. The van der Waals surface area contributed by atoms with E-state index >= 15 is 0 Å². The van der Waals surface area contributed by atoms with Gasteiger partial charge in [-0.3, -0.25) is 9.59 Å². The van der Waals surface area contributed by atoms with Crippen LogP contribution in [0.15, 0.2) is 60.5 Å². The highest BCUT2D eigenvalue weighted by Gasteiger charge is 2.32. The zero-order valence-electron chi connectivity index (χ0n) is 22.6. The maximum Gasteiger partial charge on any atom is 0.416 e. The topological polar surface area (TPSA) is 102 Å². The molecular formula is C30H25F3N6O2S. The van der Waals surface area contributed by atoms with Crippen LogP contribution >= 0.6 is 11.3 Å². The summed E-state index contributed by atoms with van der Waals surface area (Å²) in [6.07, 6.45) is 1.81. The van der Waals surface area contributed by atoms with E-state index in [9.17, 15) is 22.8 Å². The van der Waals surface area contributed by atoms with E-state index in [4.69, 9.17) is 0 Å². The van der Waals surface area contributed by atoms with Crippen LogP contribution in [0.25, 0.3) is 15.9 Å². The molecule has 1 saturated carbocycles. The number of hydrogen-bond donors (Lipinski definition) is 2. The lowest BCUT2D eigenvalue weighted by atomic mass is 9.99. The molecule has 0 bridgehead atoms. The second kappa shape index (κ2) is 10.7. The predicted octanol–water partition coefficient (Wildman–Crippen LogP) is 6.76. The van der Waals surface area contributed by atoms with Gasteiger partial charge < -0.3 is 15.2 Å². The Labute approximate surface area is 242 Å². The molecule has 1 amide bonds. The number of thiophene rings is 1. The molecule has 42 heavy (non-hydrogen) atoms. The average Bonchev–Trinajstić information content (AvgIpc) is 3.47. The standard InChI is InChI=1S/C30H25F3N6O2S/c1-16-3-4-19(25(40)11-18-9-20(30(31,32)33)13-22(10-18)39-8-7-34-17(39)2)12-24(16)38-29(41)23-14-42-27-26(23)35-15-36-28(27)37-21-5-6-21/h3-4,7-10,12-15,21H,5-6,11H2,1-2H3,(H,38,41)(H,35,36,37). The number of aryl methyl sites for hydroxylation is 2. The van der Waals surface area contributed by atoms with E-state index in [0.717, 1.165) is 35.2 Å². The van der Waals surface area contributed by atoms with E-state index < -0.39 is 11.7 Å². The van der Waals surface area contributed by atoms with Crippen LogP contribution in [0.4, 0.5) is 24.7 Å². The van der Waals surface area contributed by atoms with Crippen LogP contribution in [0.1, 0.15) is 56.1 Å². The van der Waals surface area contributed by atoms with Crippen LogP contribution in [-0.2, 0) is 12.6 Å². The highest BCUT2D eigenvalue weighted by atomic mass is 32.1. The van der Waals surface area contributed by atoms with Crippen molar-refractivity contribution >= 4 is 44.7 Å². The zero-order chi connectivity index (χ0) is 29.6. The molecule has 2 aromatic carbocycles. The van der Waals surface area contributed by atoms with Crippen molar-refractivity contribution in [2.24, 2.45) is 0 Å². The average molecular weight is 591 g/mol. The van der Waals surface area contributed by atoms with Gasteiger partial charge in [0.1, 0.15) is 18.0 Å². The van der Waals surface area contributed by atoms with Gasteiger partial charge in [-0.05, 0) is 62.1 Å². The third-order valence-electron chi connectivity index (χ3n) is 7.10. The highest BCUT2D eigenvalue weighted by molar-refractivity contribution is 7.18. The van der Waals surface area contributed by atoms with Crippen LogP contribution in [0.3, 0.4) is 0 Å². The minimum atomic E-state index is -4.59. The smallest absolute Gasteiger partial charge is 0.366 e. The second-order valence-electron chi connectivity index (χ2n) is 10.3. The molecule has 2 N–H and O–H groups in total. The molecule has 3 heterocycles. The summed E-state index contributed by atoms with van der Waals surface area (Å²) in [5.41, 5.74) is 1.96. The van der Waals surface area contributed by atoms with Crippen molar-refractivity contribution in [3.8, 4) is 5.69 Å². The number of fused-ring (bicyclic) bond motifs is 1. The summed E-state index contributed by atoms with van der Waals surface area (Å²) in [6, 6.07) is 8.81. The summed E-state index contributed by atoms with van der Waals surface area (Å²) < 4.78 is 43.4. The quantitative estimate of drug-likeness (QED) is 0.194. The van der Waals surface area contributed by atoms with Crippen LogP contribution in [0, 0.1) is 13.8 Å². The molecule has 0 unspecified atom stereocenters. The number of ketones is 1. The van der Waals surface area contributed by atoms with Gasteiger partial charge in [0.15, 0.2) is 5.78 Å². The number of anilines is 2. The Hall–Kier alpha value is -4.58. The number of hydrogen-bond acceptors (Lipinski definition) is 7. The van der Waals surface area contributed by atoms with Crippen LogP contribution in [0.2, 0.25) is 0 Å². The summed E-state index contributed by atoms with van der Waals surface area (Å²) in [7, 11) is 0. The van der Waals surface area contributed by atoms with E-state index in [1.807, 2.05) is 0 Å². The van der Waals surface area contributed by atoms with Crippen molar-refractivity contribution in [2.45, 2.75) is 45.3 Å². The van der Waals surface area contributed by atoms with Crippen molar-refractivity contribution in [1.82, 2.24) is 19.5 Å². The van der Waals surface area contributed by atoms with Crippen molar-refractivity contribution in [1.29, 1.82) is 0 Å². The number of alkyl halides is 3. The van der Waals surface area contributed by atoms with Gasteiger partial charge in [-0.15, -0.1) is 11.3 Å². The second-order valence-corrected chi connectivity index (χ2v) is 11.2. The number of halogens is 3. The number of carbonyl (C=O) groups is 2. The van der Waals surface area contributed by atoms with Crippen LogP contribution in [-0.4, -0.2) is 37.3 Å². The van der Waals surface area contributed by atoms with Crippen LogP contribution < -0.4 is 10.6 Å². The summed E-state index contributed by atoms with van der Waals surface area (Å²) in [4.78, 5) is 39.3. The Kier molecular flexibility index (Phi) is 7.01. The molecule has 6 rings (SSSR count). The number of aromatic nitrogens is 4. The Morgan fingerprint density at radius 3 is 2.60 bits per heavy atom. The number of rotatable bonds is 8. The van der Waals surface area contributed by atoms with Gasteiger partial charge in [0, 0.05) is 47.2 Å².